The second-order valence-corrected chi connectivity index (χ2v) is 9.59. The predicted octanol–water partition coefficient (Wildman–Crippen LogP) is 5.30. The molecule has 0 aliphatic heterocycles. The third-order valence-corrected chi connectivity index (χ3v) is 6.23. The molecule has 1 fully saturated rings. The number of rotatable bonds is 4. The fourth-order valence-electron chi connectivity index (χ4n) is 2.69. The number of halogens is 6. The van der Waals surface area contributed by atoms with E-state index in [0.717, 1.165) is 12.1 Å². The molecule has 1 unspecified atom stereocenters. The molecule has 0 bridgehead atoms. The third kappa shape index (κ3) is 4.52. The monoisotopic (exact) mass is 403 g/mol. The van der Waals surface area contributed by atoms with Gasteiger partial charge in [-0.1, -0.05) is 17.7 Å². The first-order chi connectivity index (χ1) is 11.3. The molecule has 2 rings (SSSR count). The highest BCUT2D eigenvalue weighted by molar-refractivity contribution is 7.84. The average Bonchev–Trinajstić information content (AvgIpc) is 2.40. The Balaban J connectivity index is 2.31. The first-order valence-electron chi connectivity index (χ1n) is 7.70. The minimum Gasteiger partial charge on any atom is -0.242 e. The predicted molar refractivity (Wildman–Crippen MR) is 87.4 cm³/mol. The summed E-state index contributed by atoms with van der Waals surface area (Å²) in [7, 11) is -1.64. The zero-order chi connectivity index (χ0) is 19.2. The topological polar surface area (TPSA) is 29.1 Å². The third-order valence-electron chi connectivity index (χ3n) is 4.30. The van der Waals surface area contributed by atoms with E-state index in [2.05, 4.69) is 4.72 Å². The summed E-state index contributed by atoms with van der Waals surface area (Å²) in [6, 6.07) is 1.14. The van der Waals surface area contributed by atoms with Gasteiger partial charge in [-0.3, -0.25) is 0 Å². The zero-order valence-electron chi connectivity index (χ0n) is 13.9. The van der Waals surface area contributed by atoms with Crippen molar-refractivity contribution in [3.63, 3.8) is 0 Å². The fraction of sp³-hybridized carbons (Fsp3) is 0.625. The summed E-state index contributed by atoms with van der Waals surface area (Å²) in [4.78, 5) is 0. The molecular formula is C16H19ClF5NOS. The van der Waals surface area contributed by atoms with Crippen molar-refractivity contribution >= 4 is 22.6 Å². The van der Waals surface area contributed by atoms with E-state index in [1.54, 1.807) is 20.8 Å². The summed E-state index contributed by atoms with van der Waals surface area (Å²) in [5.74, 6) is -4.04. The van der Waals surface area contributed by atoms with E-state index < -0.39 is 56.4 Å². The van der Waals surface area contributed by atoms with Gasteiger partial charge in [0.05, 0.1) is 27.7 Å². The second kappa shape index (κ2) is 7.12. The molecule has 142 valence electrons. The first-order valence-corrected chi connectivity index (χ1v) is 9.23. The molecule has 2 atom stereocenters. The summed E-state index contributed by atoms with van der Waals surface area (Å²) < 4.78 is 80.5. The molecule has 0 radical (unpaired) electrons. The quantitative estimate of drug-likeness (QED) is 0.536. The fourth-order valence-corrected chi connectivity index (χ4v) is 3.76. The standard InChI is InChI=1S/C16H19ClF5NOS/c1-15(2,3)25(24)23-14(8-6-9(7-8)16(20,21)22)10-4-5-11(18)12(17)13(10)19/h4-5,8-9,14,23H,6-7H2,1-3H3/t8?,9?,14?,25-/m1/s1. The van der Waals surface area contributed by atoms with Crippen LogP contribution < -0.4 is 4.72 Å². The molecule has 2 nitrogen and oxygen atoms in total. The highest BCUT2D eigenvalue weighted by Crippen LogP contribution is 2.50. The van der Waals surface area contributed by atoms with Gasteiger partial charge in [-0.2, -0.15) is 13.2 Å². The summed E-state index contributed by atoms with van der Waals surface area (Å²) in [5, 5.41) is -0.725. The van der Waals surface area contributed by atoms with Crippen molar-refractivity contribution in [2.75, 3.05) is 0 Å². The van der Waals surface area contributed by atoms with E-state index >= 15 is 0 Å². The molecule has 1 N–H and O–H groups in total. The van der Waals surface area contributed by atoms with Crippen molar-refractivity contribution in [2.45, 2.75) is 50.6 Å². The summed E-state index contributed by atoms with van der Waals surface area (Å²) in [6.45, 7) is 5.04. The summed E-state index contributed by atoms with van der Waals surface area (Å²) in [5.41, 5.74) is -0.0744. The minimum absolute atomic E-state index is 0.0744. The Kier molecular flexibility index (Phi) is 5.86. The largest absolute Gasteiger partial charge is 0.391 e. The second-order valence-electron chi connectivity index (χ2n) is 7.21. The maximum absolute atomic E-state index is 14.4. The summed E-state index contributed by atoms with van der Waals surface area (Å²) in [6.07, 6.45) is -4.74. The molecular weight excluding hydrogens is 385 g/mol. The average molecular weight is 404 g/mol. The Morgan fingerprint density at radius 3 is 2.24 bits per heavy atom. The van der Waals surface area contributed by atoms with Gasteiger partial charge >= 0.3 is 6.18 Å². The van der Waals surface area contributed by atoms with Gasteiger partial charge in [-0.15, -0.1) is 0 Å². The molecule has 0 saturated heterocycles. The molecule has 1 aliphatic rings. The Hall–Kier alpha value is -0.730. The van der Waals surface area contributed by atoms with E-state index in [9.17, 15) is 26.2 Å². The van der Waals surface area contributed by atoms with Crippen LogP contribution in [0.15, 0.2) is 12.1 Å². The van der Waals surface area contributed by atoms with Crippen molar-refractivity contribution in [3.05, 3.63) is 34.4 Å². The van der Waals surface area contributed by atoms with Crippen LogP contribution in [0, 0.1) is 23.5 Å². The lowest BCUT2D eigenvalue weighted by Crippen LogP contribution is -2.45. The van der Waals surface area contributed by atoms with Gasteiger partial charge in [0.1, 0.15) is 16.7 Å². The number of hydrogen-bond donors (Lipinski definition) is 1. The Bertz CT molecular complexity index is 668. The van der Waals surface area contributed by atoms with E-state index in [1.165, 1.54) is 0 Å². The maximum Gasteiger partial charge on any atom is 0.391 e. The molecule has 1 saturated carbocycles. The van der Waals surface area contributed by atoms with E-state index in [0.29, 0.717) is 0 Å². The lowest BCUT2D eigenvalue weighted by atomic mass is 9.69. The lowest BCUT2D eigenvalue weighted by molar-refractivity contribution is -0.206. The highest BCUT2D eigenvalue weighted by Gasteiger charge is 2.50. The SMILES string of the molecule is CC(C)(C)[S@@](=O)NC(c1ccc(F)c(Cl)c1F)C1CC(C(F)(F)F)C1. The van der Waals surface area contributed by atoms with E-state index in [1.807, 2.05) is 0 Å². The van der Waals surface area contributed by atoms with Gasteiger partial charge in [-0.05, 0) is 45.6 Å². The van der Waals surface area contributed by atoms with Gasteiger partial charge in [-0.25, -0.2) is 17.7 Å². The van der Waals surface area contributed by atoms with Gasteiger partial charge in [0.25, 0.3) is 0 Å². The number of alkyl halides is 3. The van der Waals surface area contributed by atoms with Crippen molar-refractivity contribution in [3.8, 4) is 0 Å². The van der Waals surface area contributed by atoms with Crippen molar-refractivity contribution in [1.29, 1.82) is 0 Å². The molecule has 0 spiro atoms. The van der Waals surface area contributed by atoms with Crippen molar-refractivity contribution in [2.24, 2.45) is 11.8 Å². The van der Waals surface area contributed by atoms with Crippen LogP contribution in [0.5, 0.6) is 0 Å². The van der Waals surface area contributed by atoms with Crippen LogP contribution in [-0.2, 0) is 11.0 Å². The molecule has 1 aliphatic carbocycles. The highest BCUT2D eigenvalue weighted by atomic mass is 35.5. The van der Waals surface area contributed by atoms with Gasteiger partial charge in [0, 0.05) is 5.56 Å². The normalized spacial score (nSPS) is 23.9. The molecule has 0 aromatic heterocycles. The maximum atomic E-state index is 14.4. The number of hydrogen-bond acceptors (Lipinski definition) is 1. The first kappa shape index (κ1) is 20.6. The Labute approximate surface area is 150 Å². The van der Waals surface area contributed by atoms with Gasteiger partial charge in [0.2, 0.25) is 0 Å². The van der Waals surface area contributed by atoms with Crippen molar-refractivity contribution < 1.29 is 26.2 Å². The van der Waals surface area contributed by atoms with Gasteiger partial charge in [0.15, 0.2) is 0 Å². The number of nitrogens with one attached hydrogen (secondary N) is 1. The van der Waals surface area contributed by atoms with Crippen LogP contribution in [0.3, 0.4) is 0 Å². The Morgan fingerprint density at radius 1 is 1.20 bits per heavy atom. The minimum atomic E-state index is -4.32. The molecule has 1 aromatic rings. The van der Waals surface area contributed by atoms with Crippen LogP contribution >= 0.6 is 11.6 Å². The summed E-state index contributed by atoms with van der Waals surface area (Å²) >= 11 is 5.59. The molecule has 25 heavy (non-hydrogen) atoms. The van der Waals surface area contributed by atoms with Crippen LogP contribution in [0.25, 0.3) is 0 Å². The van der Waals surface area contributed by atoms with Crippen LogP contribution in [0.2, 0.25) is 5.02 Å². The molecule has 0 heterocycles. The molecule has 0 amide bonds. The van der Waals surface area contributed by atoms with Crippen LogP contribution in [-0.4, -0.2) is 15.1 Å². The van der Waals surface area contributed by atoms with E-state index in [-0.39, 0.29) is 18.4 Å². The van der Waals surface area contributed by atoms with Crippen LogP contribution in [0.4, 0.5) is 22.0 Å². The Morgan fingerprint density at radius 2 is 1.76 bits per heavy atom. The van der Waals surface area contributed by atoms with Gasteiger partial charge < -0.3 is 0 Å². The van der Waals surface area contributed by atoms with Crippen molar-refractivity contribution in [1.82, 2.24) is 4.72 Å². The zero-order valence-corrected chi connectivity index (χ0v) is 15.5. The lowest BCUT2D eigenvalue weighted by Gasteiger charge is -2.42. The van der Waals surface area contributed by atoms with E-state index in [4.69, 9.17) is 11.6 Å². The molecule has 1 aromatic carbocycles. The number of benzene rings is 1. The van der Waals surface area contributed by atoms with Crippen LogP contribution in [0.1, 0.15) is 45.2 Å². The smallest absolute Gasteiger partial charge is 0.242 e. The molecule has 9 heteroatoms.